The lowest BCUT2D eigenvalue weighted by molar-refractivity contribution is 0.277. The quantitative estimate of drug-likeness (QED) is 0.898. The summed E-state index contributed by atoms with van der Waals surface area (Å²) >= 11 is 7.96. The Kier molecular flexibility index (Phi) is 4.17. The molecule has 94 valence electrons. The number of hydrogen-bond acceptors (Lipinski definition) is 4. The number of nitrogens with zero attached hydrogens (tertiary/aromatic N) is 2. The molecule has 5 heteroatoms. The summed E-state index contributed by atoms with van der Waals surface area (Å²) in [5, 5.41) is 10.9. The summed E-state index contributed by atoms with van der Waals surface area (Å²) < 4.78 is 0. The molecule has 0 bridgehead atoms. The van der Waals surface area contributed by atoms with Gasteiger partial charge in [-0.05, 0) is 12.1 Å². The van der Waals surface area contributed by atoms with Crippen LogP contribution in [0, 0.1) is 0 Å². The lowest BCUT2D eigenvalue weighted by Gasteiger charge is -2.35. The maximum Gasteiger partial charge on any atom is 0.129 e. The van der Waals surface area contributed by atoms with Gasteiger partial charge in [-0.25, -0.2) is 4.98 Å². The van der Waals surface area contributed by atoms with Crippen LogP contribution in [0.4, 0.5) is 5.82 Å². The predicted octanol–water partition coefficient (Wildman–Crippen LogP) is 2.56. The molecule has 0 amide bonds. The molecule has 0 saturated carbocycles. The van der Waals surface area contributed by atoms with E-state index in [1.54, 1.807) is 0 Å². The second-order valence-corrected chi connectivity index (χ2v) is 6.71. The summed E-state index contributed by atoms with van der Waals surface area (Å²) in [5.74, 6) is 0.914. The Morgan fingerprint density at radius 3 is 2.65 bits per heavy atom. The minimum atomic E-state index is -0.111. The molecule has 2 atom stereocenters. The molecule has 0 aliphatic carbocycles. The van der Waals surface area contributed by atoms with Crippen LogP contribution in [0.15, 0.2) is 12.1 Å². The topological polar surface area (TPSA) is 36.4 Å². The van der Waals surface area contributed by atoms with Crippen molar-refractivity contribution in [2.45, 2.75) is 31.0 Å². The van der Waals surface area contributed by atoms with E-state index in [2.05, 4.69) is 23.7 Å². The van der Waals surface area contributed by atoms with Crippen LogP contribution in [0.25, 0.3) is 0 Å². The Labute approximate surface area is 111 Å². The van der Waals surface area contributed by atoms with Crippen molar-refractivity contribution in [2.24, 2.45) is 0 Å². The summed E-state index contributed by atoms with van der Waals surface area (Å²) in [7, 11) is 0. The fraction of sp³-hybridized carbons (Fsp3) is 0.583. The monoisotopic (exact) mass is 272 g/mol. The Balaban J connectivity index is 2.21. The third-order valence-electron chi connectivity index (χ3n) is 2.80. The first-order chi connectivity index (χ1) is 8.10. The first-order valence-electron chi connectivity index (χ1n) is 5.77. The molecular weight excluding hydrogens is 256 g/mol. The van der Waals surface area contributed by atoms with Crippen LogP contribution >= 0.6 is 23.4 Å². The average Bonchev–Trinajstić information content (AvgIpc) is 2.28. The SMILES string of the molecule is CC1CN(c2ccc(Cl)c(CO)n2)CC(C)S1. The Bertz CT molecular complexity index is 392. The van der Waals surface area contributed by atoms with E-state index in [0.29, 0.717) is 21.2 Å². The van der Waals surface area contributed by atoms with Gasteiger partial charge < -0.3 is 10.0 Å². The summed E-state index contributed by atoms with van der Waals surface area (Å²) in [5.41, 5.74) is 0.558. The second kappa shape index (κ2) is 5.46. The van der Waals surface area contributed by atoms with Crippen molar-refractivity contribution >= 4 is 29.2 Å². The Morgan fingerprint density at radius 2 is 2.06 bits per heavy atom. The van der Waals surface area contributed by atoms with Gasteiger partial charge in [0.05, 0.1) is 17.3 Å². The van der Waals surface area contributed by atoms with Crippen LogP contribution < -0.4 is 4.90 Å². The van der Waals surface area contributed by atoms with Gasteiger partial charge in [0.2, 0.25) is 0 Å². The van der Waals surface area contributed by atoms with Gasteiger partial charge in [0, 0.05) is 23.6 Å². The minimum absolute atomic E-state index is 0.111. The number of thioether (sulfide) groups is 1. The Morgan fingerprint density at radius 1 is 1.41 bits per heavy atom. The van der Waals surface area contributed by atoms with Gasteiger partial charge in [0.1, 0.15) is 5.82 Å². The van der Waals surface area contributed by atoms with Gasteiger partial charge in [-0.2, -0.15) is 11.8 Å². The summed E-state index contributed by atoms with van der Waals surface area (Å²) in [6, 6.07) is 3.74. The molecule has 0 spiro atoms. The normalized spacial score (nSPS) is 25.1. The molecule has 3 nitrogen and oxygen atoms in total. The molecule has 1 aliphatic rings. The van der Waals surface area contributed by atoms with Crippen LogP contribution in [0.5, 0.6) is 0 Å². The number of aliphatic hydroxyl groups excluding tert-OH is 1. The number of anilines is 1. The third-order valence-corrected chi connectivity index (χ3v) is 4.37. The zero-order valence-corrected chi connectivity index (χ0v) is 11.6. The zero-order valence-electron chi connectivity index (χ0n) is 10.1. The standard InChI is InChI=1S/C12H17ClN2OS/c1-8-5-15(6-9(2)17-8)12-4-3-10(13)11(7-16)14-12/h3-4,8-9,16H,5-7H2,1-2H3. The zero-order chi connectivity index (χ0) is 12.4. The molecule has 1 saturated heterocycles. The van der Waals surface area contributed by atoms with Gasteiger partial charge >= 0.3 is 0 Å². The first kappa shape index (κ1) is 13.0. The molecule has 2 heterocycles. The maximum atomic E-state index is 9.18. The largest absolute Gasteiger partial charge is 0.390 e. The van der Waals surface area contributed by atoms with Crippen LogP contribution in [0.3, 0.4) is 0 Å². The number of rotatable bonds is 2. The summed E-state index contributed by atoms with van der Waals surface area (Å²) in [4.78, 5) is 6.68. The maximum absolute atomic E-state index is 9.18. The fourth-order valence-corrected chi connectivity index (χ4v) is 3.61. The van der Waals surface area contributed by atoms with Crippen molar-refractivity contribution in [1.82, 2.24) is 4.98 Å². The van der Waals surface area contributed by atoms with Crippen LogP contribution in [-0.4, -0.2) is 33.7 Å². The number of halogens is 1. The highest BCUT2D eigenvalue weighted by molar-refractivity contribution is 8.00. The van der Waals surface area contributed by atoms with Gasteiger partial charge in [-0.3, -0.25) is 0 Å². The molecule has 2 unspecified atom stereocenters. The molecule has 1 aliphatic heterocycles. The van der Waals surface area contributed by atoms with Crippen LogP contribution in [-0.2, 0) is 6.61 Å². The van der Waals surface area contributed by atoms with E-state index in [9.17, 15) is 5.11 Å². The van der Waals surface area contributed by atoms with E-state index in [4.69, 9.17) is 11.6 Å². The first-order valence-corrected chi connectivity index (χ1v) is 7.09. The number of pyridine rings is 1. The Hall–Kier alpha value is -0.450. The van der Waals surface area contributed by atoms with Crippen molar-refractivity contribution in [3.05, 3.63) is 22.8 Å². The van der Waals surface area contributed by atoms with Crippen molar-refractivity contribution in [3.63, 3.8) is 0 Å². The van der Waals surface area contributed by atoms with Gasteiger partial charge in [-0.15, -0.1) is 0 Å². The highest BCUT2D eigenvalue weighted by Crippen LogP contribution is 2.28. The van der Waals surface area contributed by atoms with Crippen LogP contribution in [0.2, 0.25) is 5.02 Å². The van der Waals surface area contributed by atoms with Crippen molar-refractivity contribution < 1.29 is 5.11 Å². The van der Waals surface area contributed by atoms with Crippen molar-refractivity contribution in [2.75, 3.05) is 18.0 Å². The highest BCUT2D eigenvalue weighted by atomic mass is 35.5. The van der Waals surface area contributed by atoms with E-state index in [-0.39, 0.29) is 6.61 Å². The molecule has 17 heavy (non-hydrogen) atoms. The molecule has 1 aromatic heterocycles. The number of aromatic nitrogens is 1. The number of hydrogen-bond donors (Lipinski definition) is 1. The molecule has 1 fully saturated rings. The minimum Gasteiger partial charge on any atom is -0.390 e. The van der Waals surface area contributed by atoms with E-state index < -0.39 is 0 Å². The van der Waals surface area contributed by atoms with Gasteiger partial charge in [0.25, 0.3) is 0 Å². The van der Waals surface area contributed by atoms with E-state index in [0.717, 1.165) is 18.9 Å². The molecular formula is C12H17ClN2OS. The van der Waals surface area contributed by atoms with Gasteiger partial charge in [-0.1, -0.05) is 25.4 Å². The number of aliphatic hydroxyl groups is 1. The molecule has 2 rings (SSSR count). The second-order valence-electron chi connectivity index (χ2n) is 4.42. The van der Waals surface area contributed by atoms with Crippen molar-refractivity contribution in [1.29, 1.82) is 0 Å². The molecule has 0 radical (unpaired) electrons. The van der Waals surface area contributed by atoms with Crippen LogP contribution in [0.1, 0.15) is 19.5 Å². The molecule has 1 aromatic rings. The predicted molar refractivity (Wildman–Crippen MR) is 73.9 cm³/mol. The molecule has 0 aromatic carbocycles. The summed E-state index contributed by atoms with van der Waals surface area (Å²) in [6.07, 6.45) is 0. The fourth-order valence-electron chi connectivity index (χ4n) is 2.12. The van der Waals surface area contributed by atoms with Crippen molar-refractivity contribution in [3.8, 4) is 0 Å². The van der Waals surface area contributed by atoms with Gasteiger partial charge in [0.15, 0.2) is 0 Å². The van der Waals surface area contributed by atoms with E-state index >= 15 is 0 Å². The lowest BCUT2D eigenvalue weighted by Crippen LogP contribution is -2.40. The third kappa shape index (κ3) is 3.06. The summed E-state index contributed by atoms with van der Waals surface area (Å²) in [6.45, 7) is 6.34. The average molecular weight is 273 g/mol. The van der Waals surface area contributed by atoms with E-state index in [1.807, 2.05) is 23.9 Å². The molecule has 1 N–H and O–H groups in total. The highest BCUT2D eigenvalue weighted by Gasteiger charge is 2.23. The van der Waals surface area contributed by atoms with E-state index in [1.165, 1.54) is 0 Å². The smallest absolute Gasteiger partial charge is 0.129 e. The lowest BCUT2D eigenvalue weighted by atomic mass is 10.3.